The Kier molecular flexibility index (Phi) is 3.32. The summed E-state index contributed by atoms with van der Waals surface area (Å²) >= 11 is 0. The fraction of sp³-hybridized carbons (Fsp3) is 0.412. The van der Waals surface area contributed by atoms with Crippen molar-refractivity contribution in [3.8, 4) is 0 Å². The molecule has 3 aromatic rings. The first-order valence-corrected chi connectivity index (χ1v) is 7.60. The zero-order valence-corrected chi connectivity index (χ0v) is 13.1. The highest BCUT2D eigenvalue weighted by Gasteiger charge is 2.15. The monoisotopic (exact) mass is 283 g/mol. The molecular weight excluding hydrogens is 262 g/mol. The fourth-order valence-corrected chi connectivity index (χ4v) is 2.91. The van der Waals surface area contributed by atoms with Crippen molar-refractivity contribution in [1.29, 1.82) is 0 Å². The number of rotatable bonds is 3. The van der Waals surface area contributed by atoms with Gasteiger partial charge in [0.05, 0.1) is 16.7 Å². The number of H-pyrrole nitrogens is 1. The van der Waals surface area contributed by atoms with Crippen molar-refractivity contribution in [2.45, 2.75) is 47.0 Å². The number of aromatic amines is 1. The molecule has 4 heteroatoms. The van der Waals surface area contributed by atoms with E-state index in [1.807, 2.05) is 6.92 Å². The van der Waals surface area contributed by atoms with Crippen molar-refractivity contribution < 1.29 is 0 Å². The van der Waals surface area contributed by atoms with Crippen molar-refractivity contribution >= 4 is 16.8 Å². The number of nitrogens with zero attached hydrogens (tertiary/aromatic N) is 2. The Labute approximate surface area is 123 Å². The highest BCUT2D eigenvalue weighted by molar-refractivity contribution is 5.81. The van der Waals surface area contributed by atoms with Gasteiger partial charge in [0.25, 0.3) is 5.56 Å². The Morgan fingerprint density at radius 1 is 1.19 bits per heavy atom. The quantitative estimate of drug-likeness (QED) is 0.801. The fourth-order valence-electron chi connectivity index (χ4n) is 2.91. The summed E-state index contributed by atoms with van der Waals surface area (Å²) in [6.45, 7) is 8.28. The predicted molar refractivity (Wildman–Crippen MR) is 86.2 cm³/mol. The Morgan fingerprint density at radius 2 is 1.90 bits per heavy atom. The van der Waals surface area contributed by atoms with Gasteiger partial charge in [-0.1, -0.05) is 20.3 Å². The molecule has 0 saturated heterocycles. The molecule has 0 aliphatic carbocycles. The third-order valence-corrected chi connectivity index (χ3v) is 4.20. The third kappa shape index (κ3) is 2.06. The van der Waals surface area contributed by atoms with E-state index in [2.05, 4.69) is 37.9 Å². The minimum atomic E-state index is 0.0699. The van der Waals surface area contributed by atoms with E-state index in [0.29, 0.717) is 5.78 Å². The minimum absolute atomic E-state index is 0.0699. The smallest absolute Gasteiger partial charge is 0.263 e. The van der Waals surface area contributed by atoms with E-state index in [9.17, 15) is 4.79 Å². The number of benzene rings is 1. The van der Waals surface area contributed by atoms with Gasteiger partial charge in [-0.2, -0.15) is 0 Å². The first kappa shape index (κ1) is 13.9. The van der Waals surface area contributed by atoms with Gasteiger partial charge in [0, 0.05) is 5.56 Å². The van der Waals surface area contributed by atoms with Crippen LogP contribution in [0.5, 0.6) is 0 Å². The molecule has 1 aromatic carbocycles. The van der Waals surface area contributed by atoms with Crippen LogP contribution in [0.1, 0.15) is 42.7 Å². The van der Waals surface area contributed by atoms with Crippen molar-refractivity contribution in [2.75, 3.05) is 0 Å². The summed E-state index contributed by atoms with van der Waals surface area (Å²) in [6, 6.07) is 4.15. The van der Waals surface area contributed by atoms with Gasteiger partial charge >= 0.3 is 0 Å². The van der Waals surface area contributed by atoms with Gasteiger partial charge in [-0.05, 0) is 49.9 Å². The van der Waals surface area contributed by atoms with Crippen LogP contribution in [0.25, 0.3) is 16.8 Å². The van der Waals surface area contributed by atoms with E-state index < -0.39 is 0 Å². The summed E-state index contributed by atoms with van der Waals surface area (Å²) in [6.07, 6.45) is 2.57. The van der Waals surface area contributed by atoms with Gasteiger partial charge in [0.15, 0.2) is 0 Å². The lowest BCUT2D eigenvalue weighted by atomic mass is 10.1. The molecule has 0 spiro atoms. The van der Waals surface area contributed by atoms with Crippen molar-refractivity contribution in [1.82, 2.24) is 14.4 Å². The largest absolute Gasteiger partial charge is 0.323 e. The van der Waals surface area contributed by atoms with Crippen molar-refractivity contribution in [2.24, 2.45) is 0 Å². The molecule has 21 heavy (non-hydrogen) atoms. The molecule has 2 aromatic heterocycles. The van der Waals surface area contributed by atoms with E-state index in [0.717, 1.165) is 41.6 Å². The number of aromatic nitrogens is 3. The third-order valence-electron chi connectivity index (χ3n) is 4.20. The Bertz CT molecular complexity index is 887. The molecule has 4 nitrogen and oxygen atoms in total. The maximum atomic E-state index is 12.8. The van der Waals surface area contributed by atoms with Gasteiger partial charge in [-0.15, -0.1) is 0 Å². The van der Waals surface area contributed by atoms with E-state index in [1.165, 1.54) is 11.1 Å². The van der Waals surface area contributed by atoms with Crippen LogP contribution in [0, 0.1) is 13.8 Å². The number of fused-ring (bicyclic) bond motifs is 3. The Morgan fingerprint density at radius 3 is 2.57 bits per heavy atom. The Hall–Kier alpha value is -2.10. The standard InChI is InChI=1S/C17H21N3O/c1-5-7-13-12(6-2)16(21)20-15-9-11(4)10(3)8-14(15)19-17(20)18-13/h8-9H,5-7H2,1-4H3,(H,18,19). The SMILES string of the molecule is CCCc1nc2[nH]c3cc(C)c(C)cc3n2c(=O)c1CC. The maximum Gasteiger partial charge on any atom is 0.263 e. The van der Waals surface area contributed by atoms with E-state index in [4.69, 9.17) is 4.98 Å². The first-order valence-electron chi connectivity index (χ1n) is 7.60. The summed E-state index contributed by atoms with van der Waals surface area (Å²) in [4.78, 5) is 20.8. The average Bonchev–Trinajstić information content (AvgIpc) is 2.77. The molecule has 0 aliphatic heterocycles. The van der Waals surface area contributed by atoms with E-state index in [-0.39, 0.29) is 5.56 Å². The van der Waals surface area contributed by atoms with Crippen LogP contribution >= 0.6 is 0 Å². The van der Waals surface area contributed by atoms with E-state index >= 15 is 0 Å². The molecule has 0 unspecified atom stereocenters. The second-order valence-electron chi connectivity index (χ2n) is 5.68. The van der Waals surface area contributed by atoms with Gasteiger partial charge in [0.1, 0.15) is 0 Å². The molecule has 1 N–H and O–H groups in total. The molecule has 0 fully saturated rings. The summed E-state index contributed by atoms with van der Waals surface area (Å²) in [5.41, 5.74) is 6.14. The topological polar surface area (TPSA) is 50.2 Å². The number of hydrogen-bond acceptors (Lipinski definition) is 2. The molecule has 2 heterocycles. The lowest BCUT2D eigenvalue weighted by Crippen LogP contribution is -2.21. The van der Waals surface area contributed by atoms with Crippen LogP contribution < -0.4 is 5.56 Å². The molecule has 0 saturated carbocycles. The van der Waals surface area contributed by atoms with Gasteiger partial charge < -0.3 is 4.98 Å². The number of aryl methyl sites for hydroxylation is 3. The molecule has 0 aliphatic rings. The minimum Gasteiger partial charge on any atom is -0.323 e. The highest BCUT2D eigenvalue weighted by atomic mass is 16.1. The first-order chi connectivity index (χ1) is 10.1. The summed E-state index contributed by atoms with van der Waals surface area (Å²) in [5.74, 6) is 0.653. The van der Waals surface area contributed by atoms with Crippen LogP contribution in [0.2, 0.25) is 0 Å². The zero-order chi connectivity index (χ0) is 15.1. The van der Waals surface area contributed by atoms with Gasteiger partial charge in [-0.3, -0.25) is 4.79 Å². The van der Waals surface area contributed by atoms with Crippen molar-refractivity contribution in [3.63, 3.8) is 0 Å². The molecule has 3 rings (SSSR count). The number of hydrogen-bond donors (Lipinski definition) is 1. The second kappa shape index (κ2) is 5.02. The lowest BCUT2D eigenvalue weighted by Gasteiger charge is -2.06. The second-order valence-corrected chi connectivity index (χ2v) is 5.68. The Balaban J connectivity index is 2.46. The van der Waals surface area contributed by atoms with Crippen LogP contribution in [-0.2, 0) is 12.8 Å². The van der Waals surface area contributed by atoms with Crippen LogP contribution in [0.4, 0.5) is 0 Å². The molecule has 0 amide bonds. The molecule has 0 bridgehead atoms. The van der Waals surface area contributed by atoms with E-state index in [1.54, 1.807) is 4.40 Å². The predicted octanol–water partition coefficient (Wildman–Crippen LogP) is 3.31. The molecular formula is C17H21N3O. The zero-order valence-electron chi connectivity index (χ0n) is 13.1. The number of nitrogens with one attached hydrogen (secondary N) is 1. The number of imidazole rings is 1. The highest BCUT2D eigenvalue weighted by Crippen LogP contribution is 2.20. The van der Waals surface area contributed by atoms with Gasteiger partial charge in [0.2, 0.25) is 5.78 Å². The van der Waals surface area contributed by atoms with Crippen LogP contribution in [0.3, 0.4) is 0 Å². The normalized spacial score (nSPS) is 11.6. The molecule has 0 atom stereocenters. The molecule has 0 radical (unpaired) electrons. The van der Waals surface area contributed by atoms with Crippen molar-refractivity contribution in [3.05, 3.63) is 44.9 Å². The summed E-state index contributed by atoms with van der Waals surface area (Å²) < 4.78 is 1.72. The van der Waals surface area contributed by atoms with Gasteiger partial charge in [-0.25, -0.2) is 9.38 Å². The molecule has 110 valence electrons. The summed E-state index contributed by atoms with van der Waals surface area (Å²) in [5, 5.41) is 0. The average molecular weight is 283 g/mol. The maximum absolute atomic E-state index is 12.8. The van der Waals surface area contributed by atoms with Crippen LogP contribution in [0.15, 0.2) is 16.9 Å². The summed E-state index contributed by atoms with van der Waals surface area (Å²) in [7, 11) is 0. The van der Waals surface area contributed by atoms with Crippen LogP contribution in [-0.4, -0.2) is 14.4 Å². The lowest BCUT2D eigenvalue weighted by molar-refractivity contribution is 0.835.